The Morgan fingerprint density at radius 1 is 1.18 bits per heavy atom. The molecule has 2 aromatic carbocycles. The number of hydrogen-bond donors (Lipinski definition) is 1. The summed E-state index contributed by atoms with van der Waals surface area (Å²) in [5.74, 6) is -3.96. The van der Waals surface area contributed by atoms with Crippen LogP contribution in [0.5, 0.6) is 5.75 Å². The maximum absolute atomic E-state index is 16.1. The van der Waals surface area contributed by atoms with E-state index in [1.54, 1.807) is 27.9 Å². The summed E-state index contributed by atoms with van der Waals surface area (Å²) in [7, 11) is 1.86. The molecule has 39 heavy (non-hydrogen) atoms. The van der Waals surface area contributed by atoms with E-state index in [1.165, 1.54) is 4.90 Å². The molecular weight excluding hydrogens is 508 g/mol. The number of hydrogen-bond acceptors (Lipinski definition) is 6. The number of piperidine rings is 2. The van der Waals surface area contributed by atoms with E-state index in [0.717, 1.165) is 16.5 Å². The van der Waals surface area contributed by atoms with E-state index in [0.29, 0.717) is 35.5 Å². The first-order valence-electron chi connectivity index (χ1n) is 13.1. The van der Waals surface area contributed by atoms with Crippen LogP contribution in [0.25, 0.3) is 10.9 Å². The molecule has 2 saturated heterocycles. The molecule has 9 nitrogen and oxygen atoms in total. The minimum absolute atomic E-state index is 0.0898. The van der Waals surface area contributed by atoms with Gasteiger partial charge in [-0.15, -0.1) is 0 Å². The summed E-state index contributed by atoms with van der Waals surface area (Å²) in [5.41, 5.74) is 1.76. The molecule has 0 saturated carbocycles. The molecule has 0 bridgehead atoms. The van der Waals surface area contributed by atoms with Crippen molar-refractivity contribution in [3.8, 4) is 5.75 Å². The van der Waals surface area contributed by atoms with Crippen molar-refractivity contribution in [1.29, 1.82) is 0 Å². The SMILES string of the molecule is Cn1ncc2c(CN3CCC4(COc5c4ccc4c5CN([C@H]5CCC(=O)NC5=O)C4=O)C(F)(F)C3)cccc21. The second kappa shape index (κ2) is 8.32. The maximum atomic E-state index is 16.1. The Morgan fingerprint density at radius 3 is 2.82 bits per heavy atom. The van der Waals surface area contributed by atoms with Gasteiger partial charge >= 0.3 is 0 Å². The number of rotatable bonds is 3. The molecule has 1 N–H and O–H groups in total. The average Bonchev–Trinajstić information content (AvgIpc) is 3.57. The van der Waals surface area contributed by atoms with Gasteiger partial charge in [-0.1, -0.05) is 18.2 Å². The molecule has 0 aliphatic carbocycles. The fourth-order valence-electron chi connectivity index (χ4n) is 6.73. The van der Waals surface area contributed by atoms with E-state index >= 15 is 8.78 Å². The standard InChI is InChI=1S/C28H27F2N5O4/c1-33-21-4-2-3-16(18(21)11-31-33)12-34-10-9-27(28(29,30)14-34)15-39-24-19-13-35(22-7-8-23(36)32-25(22)37)26(38)17(19)5-6-20(24)27/h2-6,11,22H,7-10,12-15H2,1H3,(H,32,36,37)/t22-,27?/m0/s1. The van der Waals surface area contributed by atoms with Crippen molar-refractivity contribution in [3.05, 3.63) is 58.8 Å². The fourth-order valence-corrected chi connectivity index (χ4v) is 6.73. The normalized spacial score (nSPS) is 26.2. The number of nitrogens with one attached hydrogen (secondary N) is 1. The average molecular weight is 536 g/mol. The van der Waals surface area contributed by atoms with E-state index in [-0.39, 0.29) is 44.2 Å². The second-order valence-electron chi connectivity index (χ2n) is 11.0. The van der Waals surface area contributed by atoms with Crippen LogP contribution in [0.2, 0.25) is 0 Å². The van der Waals surface area contributed by atoms with Crippen molar-refractivity contribution in [3.63, 3.8) is 0 Å². The van der Waals surface area contributed by atoms with Gasteiger partial charge in [0.1, 0.15) is 18.4 Å². The molecule has 0 radical (unpaired) electrons. The quantitative estimate of drug-likeness (QED) is 0.518. The highest BCUT2D eigenvalue weighted by molar-refractivity contribution is 6.05. The molecule has 2 atom stereocenters. The first-order valence-corrected chi connectivity index (χ1v) is 13.1. The van der Waals surface area contributed by atoms with Gasteiger partial charge in [-0.05, 0) is 37.1 Å². The number of likely N-dealkylation sites (tertiary alicyclic amines) is 1. The van der Waals surface area contributed by atoms with E-state index in [1.807, 2.05) is 25.2 Å². The lowest BCUT2D eigenvalue weighted by Gasteiger charge is -2.44. The summed E-state index contributed by atoms with van der Waals surface area (Å²) in [6, 6.07) is 8.25. The zero-order valence-electron chi connectivity index (χ0n) is 21.4. The molecule has 4 aliphatic heterocycles. The van der Waals surface area contributed by atoms with Gasteiger partial charge in [0.05, 0.1) is 30.2 Å². The lowest BCUT2D eigenvalue weighted by Crippen LogP contribution is -2.58. The summed E-state index contributed by atoms with van der Waals surface area (Å²) in [6.45, 7) is 0.372. The van der Waals surface area contributed by atoms with Crippen LogP contribution in [-0.4, -0.2) is 69.0 Å². The van der Waals surface area contributed by atoms with Gasteiger partial charge in [0.2, 0.25) is 11.8 Å². The van der Waals surface area contributed by atoms with Crippen LogP contribution in [0.15, 0.2) is 36.5 Å². The largest absolute Gasteiger partial charge is 0.492 e. The molecular formula is C28H27F2N5O4. The van der Waals surface area contributed by atoms with Crippen LogP contribution < -0.4 is 10.1 Å². The molecule has 11 heteroatoms. The number of ether oxygens (including phenoxy) is 1. The van der Waals surface area contributed by atoms with E-state index < -0.39 is 29.8 Å². The third-order valence-electron chi connectivity index (χ3n) is 8.90. The third-order valence-corrected chi connectivity index (χ3v) is 8.90. The molecule has 3 amide bonds. The minimum atomic E-state index is -3.07. The van der Waals surface area contributed by atoms with Crippen LogP contribution >= 0.6 is 0 Å². The monoisotopic (exact) mass is 535 g/mol. The van der Waals surface area contributed by atoms with Crippen LogP contribution in [0.1, 0.15) is 46.3 Å². The maximum Gasteiger partial charge on any atom is 0.273 e. The van der Waals surface area contributed by atoms with Gasteiger partial charge in [0, 0.05) is 42.1 Å². The van der Waals surface area contributed by atoms with Crippen molar-refractivity contribution in [1.82, 2.24) is 24.9 Å². The zero-order valence-corrected chi connectivity index (χ0v) is 21.4. The Labute approximate surface area is 222 Å². The van der Waals surface area contributed by atoms with Gasteiger partial charge in [-0.2, -0.15) is 5.10 Å². The number of aromatic nitrogens is 2. The predicted octanol–water partition coefficient (Wildman–Crippen LogP) is 2.51. The number of aryl methyl sites for hydroxylation is 1. The van der Waals surface area contributed by atoms with E-state index in [2.05, 4.69) is 10.4 Å². The van der Waals surface area contributed by atoms with Crippen LogP contribution in [0, 0.1) is 0 Å². The Bertz CT molecular complexity index is 1570. The summed E-state index contributed by atoms with van der Waals surface area (Å²) in [6.07, 6.45) is 2.36. The smallest absolute Gasteiger partial charge is 0.273 e. The fraction of sp³-hybridized carbons (Fsp3) is 0.429. The molecule has 202 valence electrons. The van der Waals surface area contributed by atoms with Gasteiger partial charge in [0.25, 0.3) is 11.8 Å². The lowest BCUT2D eigenvalue weighted by molar-refractivity contribution is -0.137. The molecule has 4 aliphatic rings. The Hall–Kier alpha value is -3.86. The van der Waals surface area contributed by atoms with Crippen LogP contribution in [0.4, 0.5) is 8.78 Å². The van der Waals surface area contributed by atoms with Gasteiger partial charge in [-0.25, -0.2) is 8.78 Å². The second-order valence-corrected chi connectivity index (χ2v) is 11.0. The van der Waals surface area contributed by atoms with E-state index in [9.17, 15) is 14.4 Å². The number of imide groups is 1. The number of nitrogens with zero attached hydrogens (tertiary/aromatic N) is 4. The predicted molar refractivity (Wildman–Crippen MR) is 135 cm³/mol. The topological polar surface area (TPSA) is 96.8 Å². The number of fused-ring (bicyclic) bond motifs is 5. The van der Waals surface area contributed by atoms with Crippen LogP contribution in [0.3, 0.4) is 0 Å². The highest BCUT2D eigenvalue weighted by Gasteiger charge is 2.62. The molecule has 1 unspecified atom stereocenters. The van der Waals surface area contributed by atoms with Crippen molar-refractivity contribution < 1.29 is 27.9 Å². The third kappa shape index (κ3) is 3.45. The molecule has 1 spiro atoms. The molecule has 7 rings (SSSR count). The molecule has 2 fully saturated rings. The van der Waals surface area contributed by atoms with Crippen molar-refractivity contribution in [2.75, 3.05) is 19.7 Å². The van der Waals surface area contributed by atoms with Gasteiger partial charge < -0.3 is 9.64 Å². The highest BCUT2D eigenvalue weighted by Crippen LogP contribution is 2.55. The molecule has 3 aromatic rings. The van der Waals surface area contributed by atoms with E-state index in [4.69, 9.17) is 4.74 Å². The van der Waals surface area contributed by atoms with Gasteiger partial charge in [0.15, 0.2) is 0 Å². The zero-order chi connectivity index (χ0) is 27.1. The first kappa shape index (κ1) is 24.2. The minimum Gasteiger partial charge on any atom is -0.492 e. The highest BCUT2D eigenvalue weighted by atomic mass is 19.3. The number of benzene rings is 2. The number of alkyl halides is 2. The lowest BCUT2D eigenvalue weighted by atomic mass is 9.71. The molecule has 1 aromatic heterocycles. The summed E-state index contributed by atoms with van der Waals surface area (Å²) < 4.78 is 39.9. The van der Waals surface area contributed by atoms with Crippen molar-refractivity contribution in [2.45, 2.75) is 49.7 Å². The summed E-state index contributed by atoms with van der Waals surface area (Å²) in [5, 5.41) is 7.55. The summed E-state index contributed by atoms with van der Waals surface area (Å²) >= 11 is 0. The number of halogens is 2. The Balaban J connectivity index is 1.15. The van der Waals surface area contributed by atoms with Gasteiger partial charge in [-0.3, -0.25) is 29.3 Å². The van der Waals surface area contributed by atoms with Crippen molar-refractivity contribution in [2.24, 2.45) is 7.05 Å². The number of amides is 3. The molecule has 5 heterocycles. The number of carbonyl (C=O) groups excluding carboxylic acids is 3. The summed E-state index contributed by atoms with van der Waals surface area (Å²) in [4.78, 5) is 40.4. The Morgan fingerprint density at radius 2 is 2.03 bits per heavy atom. The number of carbonyl (C=O) groups is 3. The van der Waals surface area contributed by atoms with Crippen LogP contribution in [-0.2, 0) is 35.1 Å². The first-order chi connectivity index (χ1) is 18.7. The Kier molecular flexibility index (Phi) is 5.16. The van der Waals surface area contributed by atoms with Crippen molar-refractivity contribution >= 4 is 28.6 Å².